The van der Waals surface area contributed by atoms with Crippen molar-refractivity contribution in [3.63, 3.8) is 0 Å². The predicted molar refractivity (Wildman–Crippen MR) is 78.3 cm³/mol. The molecule has 1 saturated heterocycles. The lowest BCUT2D eigenvalue weighted by atomic mass is 10.1. The lowest BCUT2D eigenvalue weighted by Gasteiger charge is -2.26. The number of carbonyl (C=O) groups excluding carboxylic acids is 1. The molecule has 1 rings (SSSR count). The maximum absolute atomic E-state index is 11.9. The molecule has 0 radical (unpaired) electrons. The molecular weight excluding hydrogens is 280 g/mol. The number of nitrogens with one attached hydrogen (secondary N) is 1. The largest absolute Gasteiger partial charge is 0.343 e. The first-order valence-electron chi connectivity index (χ1n) is 7.16. The number of hydrogen-bond acceptors (Lipinski definition) is 4. The van der Waals surface area contributed by atoms with Gasteiger partial charge in [0, 0.05) is 39.6 Å². The van der Waals surface area contributed by atoms with Crippen LogP contribution >= 0.6 is 0 Å². The van der Waals surface area contributed by atoms with E-state index >= 15 is 0 Å². The van der Waals surface area contributed by atoms with Crippen LogP contribution in [-0.2, 0) is 15.0 Å². The summed E-state index contributed by atoms with van der Waals surface area (Å²) >= 11 is 0. The van der Waals surface area contributed by atoms with Crippen LogP contribution in [0, 0.1) is 0 Å². The second-order valence-corrected chi connectivity index (χ2v) is 6.92. The summed E-state index contributed by atoms with van der Waals surface area (Å²) in [6, 6.07) is 0. The fraction of sp³-hybridized carbons (Fsp3) is 0.917. The molecule has 1 fully saturated rings. The van der Waals surface area contributed by atoms with Gasteiger partial charge in [-0.2, -0.15) is 12.7 Å². The summed E-state index contributed by atoms with van der Waals surface area (Å²) in [5, 5.41) is 0. The van der Waals surface area contributed by atoms with E-state index in [4.69, 9.17) is 5.73 Å². The molecule has 7 nitrogen and oxygen atoms in total. The highest BCUT2D eigenvalue weighted by molar-refractivity contribution is 7.87. The minimum absolute atomic E-state index is 0.0250. The van der Waals surface area contributed by atoms with Crippen LogP contribution in [0.1, 0.15) is 32.1 Å². The highest BCUT2D eigenvalue weighted by Gasteiger charge is 2.19. The van der Waals surface area contributed by atoms with Crippen LogP contribution < -0.4 is 10.5 Å². The summed E-state index contributed by atoms with van der Waals surface area (Å²) in [6.07, 6.45) is 4.08. The van der Waals surface area contributed by atoms with Crippen LogP contribution in [-0.4, -0.2) is 63.3 Å². The summed E-state index contributed by atoms with van der Waals surface area (Å²) in [5.41, 5.74) is 5.35. The highest BCUT2D eigenvalue weighted by Crippen LogP contribution is 2.09. The molecule has 0 unspecified atom stereocenters. The summed E-state index contributed by atoms with van der Waals surface area (Å²) < 4.78 is 27.4. The zero-order valence-electron chi connectivity index (χ0n) is 12.2. The van der Waals surface area contributed by atoms with Gasteiger partial charge in [-0.15, -0.1) is 0 Å². The van der Waals surface area contributed by atoms with Gasteiger partial charge in [0.15, 0.2) is 0 Å². The number of likely N-dealkylation sites (tertiary alicyclic amines) is 1. The van der Waals surface area contributed by atoms with Gasteiger partial charge in [-0.05, 0) is 32.2 Å². The Morgan fingerprint density at radius 3 is 2.55 bits per heavy atom. The van der Waals surface area contributed by atoms with E-state index in [0.29, 0.717) is 19.5 Å². The first-order chi connectivity index (χ1) is 9.47. The first-order valence-corrected chi connectivity index (χ1v) is 8.60. The molecule has 20 heavy (non-hydrogen) atoms. The molecule has 0 aromatic carbocycles. The van der Waals surface area contributed by atoms with Crippen molar-refractivity contribution in [1.29, 1.82) is 0 Å². The summed E-state index contributed by atoms with van der Waals surface area (Å²) in [5.74, 6) is 0.0250. The second kappa shape index (κ2) is 8.56. The molecule has 0 aromatic rings. The zero-order valence-corrected chi connectivity index (χ0v) is 13.0. The molecule has 1 aliphatic rings. The fourth-order valence-electron chi connectivity index (χ4n) is 2.13. The molecule has 3 N–H and O–H groups in total. The third kappa shape index (κ3) is 5.74. The third-order valence-electron chi connectivity index (χ3n) is 3.42. The van der Waals surface area contributed by atoms with E-state index in [1.165, 1.54) is 17.8 Å². The van der Waals surface area contributed by atoms with Crippen molar-refractivity contribution in [2.75, 3.05) is 39.8 Å². The van der Waals surface area contributed by atoms with Crippen LogP contribution in [0.2, 0.25) is 0 Å². The highest BCUT2D eigenvalue weighted by atomic mass is 32.2. The van der Waals surface area contributed by atoms with Crippen molar-refractivity contribution in [2.24, 2.45) is 5.73 Å². The molecular formula is C12H26N4O3S. The van der Waals surface area contributed by atoms with E-state index in [1.54, 1.807) is 0 Å². The van der Waals surface area contributed by atoms with E-state index in [0.717, 1.165) is 25.9 Å². The summed E-state index contributed by atoms with van der Waals surface area (Å²) in [6.45, 7) is 2.56. The molecule has 0 bridgehead atoms. The molecule has 0 aliphatic carbocycles. The monoisotopic (exact) mass is 306 g/mol. The van der Waals surface area contributed by atoms with Crippen LogP contribution in [0.3, 0.4) is 0 Å². The Hall–Kier alpha value is -0.700. The van der Waals surface area contributed by atoms with Crippen LogP contribution in [0.25, 0.3) is 0 Å². The number of hydrogen-bond donors (Lipinski definition) is 2. The van der Waals surface area contributed by atoms with E-state index in [-0.39, 0.29) is 18.9 Å². The Labute approximate surface area is 121 Å². The summed E-state index contributed by atoms with van der Waals surface area (Å²) in [4.78, 5) is 13.7. The number of carbonyl (C=O) groups is 1. The Bertz CT molecular complexity index is 394. The minimum Gasteiger partial charge on any atom is -0.343 e. The molecule has 0 spiro atoms. The standard InChI is InChI=1S/C12H26N4O3S/c1-15(9-5-7-13)20(18,19)14-8-6-12(17)16-10-3-2-4-11-16/h14H,2-11,13H2,1H3. The first kappa shape index (κ1) is 17.4. The van der Waals surface area contributed by atoms with E-state index < -0.39 is 10.2 Å². The van der Waals surface area contributed by atoms with E-state index in [9.17, 15) is 13.2 Å². The smallest absolute Gasteiger partial charge is 0.279 e. The Kier molecular flexibility index (Phi) is 7.42. The molecule has 118 valence electrons. The van der Waals surface area contributed by atoms with Crippen molar-refractivity contribution in [1.82, 2.24) is 13.9 Å². The minimum atomic E-state index is -3.50. The molecule has 0 saturated carbocycles. The van der Waals surface area contributed by atoms with Gasteiger partial charge < -0.3 is 10.6 Å². The maximum Gasteiger partial charge on any atom is 0.279 e. The van der Waals surface area contributed by atoms with E-state index in [2.05, 4.69) is 4.72 Å². The van der Waals surface area contributed by atoms with Gasteiger partial charge >= 0.3 is 0 Å². The average Bonchev–Trinajstić information content (AvgIpc) is 2.45. The van der Waals surface area contributed by atoms with Crippen molar-refractivity contribution in [2.45, 2.75) is 32.1 Å². The Morgan fingerprint density at radius 2 is 1.95 bits per heavy atom. The topological polar surface area (TPSA) is 95.7 Å². The van der Waals surface area contributed by atoms with Crippen molar-refractivity contribution >= 4 is 16.1 Å². The third-order valence-corrected chi connectivity index (χ3v) is 4.99. The number of piperidine rings is 1. The lowest BCUT2D eigenvalue weighted by molar-refractivity contribution is -0.131. The molecule has 0 atom stereocenters. The predicted octanol–water partition coefficient (Wildman–Crippen LogP) is -0.496. The molecule has 1 amide bonds. The number of amides is 1. The maximum atomic E-state index is 11.9. The van der Waals surface area contributed by atoms with Crippen LogP contribution in [0.4, 0.5) is 0 Å². The SMILES string of the molecule is CN(CCCN)S(=O)(=O)NCCC(=O)N1CCCCC1. The number of rotatable bonds is 8. The fourth-order valence-corrected chi connectivity index (χ4v) is 3.08. The van der Waals surface area contributed by atoms with Crippen molar-refractivity contribution in [3.05, 3.63) is 0 Å². The van der Waals surface area contributed by atoms with Gasteiger partial charge in [0.25, 0.3) is 10.2 Å². The van der Waals surface area contributed by atoms with Gasteiger partial charge in [0.05, 0.1) is 0 Å². The normalized spacial score (nSPS) is 16.6. The Morgan fingerprint density at radius 1 is 1.30 bits per heavy atom. The average molecular weight is 306 g/mol. The van der Waals surface area contributed by atoms with E-state index in [1.807, 2.05) is 4.90 Å². The van der Waals surface area contributed by atoms with Gasteiger partial charge in [0.1, 0.15) is 0 Å². The number of nitrogens with zero attached hydrogens (tertiary/aromatic N) is 2. The van der Waals surface area contributed by atoms with Gasteiger partial charge in [-0.1, -0.05) is 0 Å². The quantitative estimate of drug-likeness (QED) is 0.632. The number of nitrogens with two attached hydrogens (primary N) is 1. The van der Waals surface area contributed by atoms with Crippen molar-refractivity contribution in [3.8, 4) is 0 Å². The molecule has 0 aromatic heterocycles. The lowest BCUT2D eigenvalue weighted by Crippen LogP contribution is -2.42. The Balaban J connectivity index is 2.29. The van der Waals surface area contributed by atoms with Crippen molar-refractivity contribution < 1.29 is 13.2 Å². The zero-order chi connectivity index (χ0) is 15.0. The molecule has 8 heteroatoms. The van der Waals surface area contributed by atoms with Gasteiger partial charge in [-0.3, -0.25) is 4.79 Å². The molecule has 1 aliphatic heterocycles. The van der Waals surface area contributed by atoms with Crippen LogP contribution in [0.5, 0.6) is 0 Å². The van der Waals surface area contributed by atoms with Crippen LogP contribution in [0.15, 0.2) is 0 Å². The summed E-state index contributed by atoms with van der Waals surface area (Å²) in [7, 11) is -2.00. The van der Waals surface area contributed by atoms with Gasteiger partial charge in [-0.25, -0.2) is 4.72 Å². The second-order valence-electron chi connectivity index (χ2n) is 5.05. The molecule has 1 heterocycles. The van der Waals surface area contributed by atoms with Gasteiger partial charge in [0.2, 0.25) is 5.91 Å².